The van der Waals surface area contributed by atoms with E-state index in [1.54, 1.807) is 10.7 Å². The molecule has 0 radical (unpaired) electrons. The molecule has 0 aliphatic rings. The molecular formula is C15H20FN3. The van der Waals surface area contributed by atoms with Crippen molar-refractivity contribution in [2.24, 2.45) is 7.05 Å². The Bertz CT molecular complexity index is 561. The maximum Gasteiger partial charge on any atom is 0.123 e. The van der Waals surface area contributed by atoms with E-state index >= 15 is 0 Å². The van der Waals surface area contributed by atoms with Gasteiger partial charge in [0.25, 0.3) is 0 Å². The van der Waals surface area contributed by atoms with Crippen LogP contribution in [0.1, 0.15) is 24.6 Å². The Kier molecular flexibility index (Phi) is 4.32. The molecule has 19 heavy (non-hydrogen) atoms. The van der Waals surface area contributed by atoms with Gasteiger partial charge in [0.15, 0.2) is 0 Å². The largest absolute Gasteiger partial charge is 0.313 e. The standard InChI is InChI=1S/C15H20FN3/c1-4-7-17-9-12-5-6-13(16)8-14(12)15-10-19(3)18-11(15)2/h5-6,8,10,17H,4,7,9H2,1-3H3. The fourth-order valence-electron chi connectivity index (χ4n) is 2.22. The lowest BCUT2D eigenvalue weighted by atomic mass is 10.00. The molecule has 0 fully saturated rings. The molecule has 0 spiro atoms. The molecule has 102 valence electrons. The van der Waals surface area contributed by atoms with Crippen molar-refractivity contribution in [3.63, 3.8) is 0 Å². The highest BCUT2D eigenvalue weighted by Gasteiger charge is 2.11. The number of aromatic nitrogens is 2. The van der Waals surface area contributed by atoms with Crippen LogP contribution in [0.15, 0.2) is 24.4 Å². The van der Waals surface area contributed by atoms with Gasteiger partial charge in [-0.15, -0.1) is 0 Å². The maximum absolute atomic E-state index is 13.5. The number of nitrogens with zero attached hydrogens (tertiary/aromatic N) is 2. The lowest BCUT2D eigenvalue weighted by Gasteiger charge is -2.10. The summed E-state index contributed by atoms with van der Waals surface area (Å²) >= 11 is 0. The Balaban J connectivity index is 2.37. The summed E-state index contributed by atoms with van der Waals surface area (Å²) in [4.78, 5) is 0. The maximum atomic E-state index is 13.5. The van der Waals surface area contributed by atoms with E-state index in [0.717, 1.165) is 41.9 Å². The van der Waals surface area contributed by atoms with Crippen LogP contribution in [0.5, 0.6) is 0 Å². The summed E-state index contributed by atoms with van der Waals surface area (Å²) < 4.78 is 15.3. The second-order valence-electron chi connectivity index (χ2n) is 4.78. The van der Waals surface area contributed by atoms with E-state index in [1.807, 2.05) is 26.2 Å². The number of benzene rings is 1. The fourth-order valence-corrected chi connectivity index (χ4v) is 2.22. The Labute approximate surface area is 113 Å². The summed E-state index contributed by atoms with van der Waals surface area (Å²) in [6.45, 7) is 5.79. The number of aryl methyl sites for hydroxylation is 2. The van der Waals surface area contributed by atoms with E-state index in [9.17, 15) is 4.39 Å². The average molecular weight is 261 g/mol. The topological polar surface area (TPSA) is 29.9 Å². The predicted octanol–water partition coefficient (Wildman–Crippen LogP) is 3.03. The van der Waals surface area contributed by atoms with Crippen molar-refractivity contribution in [3.8, 4) is 11.1 Å². The molecule has 1 N–H and O–H groups in total. The molecule has 0 saturated carbocycles. The second-order valence-corrected chi connectivity index (χ2v) is 4.78. The van der Waals surface area contributed by atoms with Crippen molar-refractivity contribution >= 4 is 0 Å². The summed E-state index contributed by atoms with van der Waals surface area (Å²) in [7, 11) is 1.88. The number of hydrogen-bond donors (Lipinski definition) is 1. The van der Waals surface area contributed by atoms with Crippen LogP contribution in [0.4, 0.5) is 4.39 Å². The predicted molar refractivity (Wildman–Crippen MR) is 75.3 cm³/mol. The van der Waals surface area contributed by atoms with Gasteiger partial charge in [0.1, 0.15) is 5.82 Å². The van der Waals surface area contributed by atoms with Crippen molar-refractivity contribution in [1.82, 2.24) is 15.1 Å². The van der Waals surface area contributed by atoms with Gasteiger partial charge in [-0.2, -0.15) is 5.10 Å². The van der Waals surface area contributed by atoms with Gasteiger partial charge in [0, 0.05) is 25.4 Å². The molecule has 0 bridgehead atoms. The summed E-state index contributed by atoms with van der Waals surface area (Å²) in [5.74, 6) is -0.211. The van der Waals surface area contributed by atoms with Crippen LogP contribution in [0, 0.1) is 12.7 Å². The minimum atomic E-state index is -0.211. The Morgan fingerprint density at radius 2 is 2.11 bits per heavy atom. The zero-order chi connectivity index (χ0) is 13.8. The van der Waals surface area contributed by atoms with Crippen LogP contribution < -0.4 is 5.32 Å². The highest BCUT2D eigenvalue weighted by molar-refractivity contribution is 5.69. The number of rotatable bonds is 5. The van der Waals surface area contributed by atoms with E-state index in [2.05, 4.69) is 17.3 Å². The molecule has 1 aromatic heterocycles. The smallest absolute Gasteiger partial charge is 0.123 e. The first-order valence-corrected chi connectivity index (χ1v) is 6.61. The third-order valence-electron chi connectivity index (χ3n) is 3.12. The molecule has 0 amide bonds. The van der Waals surface area contributed by atoms with Crippen molar-refractivity contribution in [2.75, 3.05) is 6.54 Å². The SMILES string of the molecule is CCCNCc1ccc(F)cc1-c1cn(C)nc1C. The summed E-state index contributed by atoms with van der Waals surface area (Å²) in [6, 6.07) is 4.95. The van der Waals surface area contributed by atoms with Crippen molar-refractivity contribution in [2.45, 2.75) is 26.8 Å². The van der Waals surface area contributed by atoms with E-state index in [1.165, 1.54) is 6.07 Å². The monoisotopic (exact) mass is 261 g/mol. The van der Waals surface area contributed by atoms with Gasteiger partial charge < -0.3 is 5.32 Å². The Morgan fingerprint density at radius 1 is 1.32 bits per heavy atom. The summed E-state index contributed by atoms with van der Waals surface area (Å²) in [5, 5.41) is 7.69. The van der Waals surface area contributed by atoms with Gasteiger partial charge in [-0.3, -0.25) is 4.68 Å². The van der Waals surface area contributed by atoms with Crippen molar-refractivity contribution < 1.29 is 4.39 Å². The third kappa shape index (κ3) is 3.20. The Morgan fingerprint density at radius 3 is 2.74 bits per heavy atom. The van der Waals surface area contributed by atoms with Gasteiger partial charge in [-0.05, 0) is 43.1 Å². The lowest BCUT2D eigenvalue weighted by molar-refractivity contribution is 0.625. The van der Waals surface area contributed by atoms with Crippen LogP contribution in [-0.2, 0) is 13.6 Å². The minimum Gasteiger partial charge on any atom is -0.313 e. The molecule has 4 heteroatoms. The first-order chi connectivity index (χ1) is 9.11. The summed E-state index contributed by atoms with van der Waals surface area (Å²) in [6.07, 6.45) is 3.02. The van der Waals surface area contributed by atoms with Gasteiger partial charge in [0.2, 0.25) is 0 Å². The molecule has 2 rings (SSSR count). The number of hydrogen-bond acceptors (Lipinski definition) is 2. The fraction of sp³-hybridized carbons (Fsp3) is 0.400. The first-order valence-electron chi connectivity index (χ1n) is 6.61. The van der Waals surface area contributed by atoms with E-state index < -0.39 is 0 Å². The first kappa shape index (κ1) is 13.7. The molecule has 1 heterocycles. The van der Waals surface area contributed by atoms with E-state index in [-0.39, 0.29) is 5.82 Å². The van der Waals surface area contributed by atoms with E-state index in [4.69, 9.17) is 0 Å². The molecule has 0 aliphatic carbocycles. The molecule has 0 unspecified atom stereocenters. The molecule has 2 aromatic rings. The zero-order valence-corrected chi connectivity index (χ0v) is 11.7. The van der Waals surface area contributed by atoms with Crippen LogP contribution in [-0.4, -0.2) is 16.3 Å². The highest BCUT2D eigenvalue weighted by Crippen LogP contribution is 2.27. The molecule has 0 aliphatic heterocycles. The molecule has 0 atom stereocenters. The van der Waals surface area contributed by atoms with Crippen molar-refractivity contribution in [3.05, 3.63) is 41.5 Å². The van der Waals surface area contributed by atoms with Crippen LogP contribution in [0.25, 0.3) is 11.1 Å². The third-order valence-corrected chi connectivity index (χ3v) is 3.12. The number of nitrogens with one attached hydrogen (secondary N) is 1. The van der Waals surface area contributed by atoms with Gasteiger partial charge in [0.05, 0.1) is 5.69 Å². The van der Waals surface area contributed by atoms with Crippen LogP contribution in [0.2, 0.25) is 0 Å². The zero-order valence-electron chi connectivity index (χ0n) is 11.7. The number of halogens is 1. The molecule has 3 nitrogen and oxygen atoms in total. The molecule has 0 saturated heterocycles. The minimum absolute atomic E-state index is 0.211. The van der Waals surface area contributed by atoms with Gasteiger partial charge in [-0.25, -0.2) is 4.39 Å². The lowest BCUT2D eigenvalue weighted by Crippen LogP contribution is -2.14. The highest BCUT2D eigenvalue weighted by atomic mass is 19.1. The van der Waals surface area contributed by atoms with Crippen LogP contribution in [0.3, 0.4) is 0 Å². The second kappa shape index (κ2) is 5.97. The van der Waals surface area contributed by atoms with E-state index in [0.29, 0.717) is 0 Å². The summed E-state index contributed by atoms with van der Waals surface area (Å²) in [5.41, 5.74) is 3.94. The molecular weight excluding hydrogens is 241 g/mol. The van der Waals surface area contributed by atoms with Gasteiger partial charge in [-0.1, -0.05) is 13.0 Å². The van der Waals surface area contributed by atoms with Crippen molar-refractivity contribution in [1.29, 1.82) is 0 Å². The van der Waals surface area contributed by atoms with Gasteiger partial charge >= 0.3 is 0 Å². The normalized spacial score (nSPS) is 10.9. The quantitative estimate of drug-likeness (QED) is 0.838. The molecule has 1 aromatic carbocycles. The Hall–Kier alpha value is -1.68. The average Bonchev–Trinajstić information content (AvgIpc) is 2.70. The van der Waals surface area contributed by atoms with Crippen LogP contribution >= 0.6 is 0 Å².